The fourth-order valence-corrected chi connectivity index (χ4v) is 3.68. The predicted octanol–water partition coefficient (Wildman–Crippen LogP) is 4.82. The van der Waals surface area contributed by atoms with Gasteiger partial charge in [-0.15, -0.1) is 0 Å². The van der Waals surface area contributed by atoms with E-state index in [1.807, 2.05) is 57.2 Å². The maximum Gasteiger partial charge on any atom is 0.226 e. The van der Waals surface area contributed by atoms with Crippen LogP contribution in [0.15, 0.2) is 54.7 Å². The highest BCUT2D eigenvalue weighted by molar-refractivity contribution is 6.00. The number of aryl methyl sites for hydroxylation is 3. The third-order valence-corrected chi connectivity index (χ3v) is 5.55. The number of amides is 1. The molecule has 33 heavy (non-hydrogen) atoms. The largest absolute Gasteiger partial charge is 0.309 e. The number of hydrogen-bond donors (Lipinski definition) is 1. The second kappa shape index (κ2) is 9.05. The second-order valence-electron chi connectivity index (χ2n) is 8.04. The number of nitrogens with one attached hydrogen (secondary N) is 1. The monoisotopic (exact) mass is 437 g/mol. The molecular formula is C26H23N5O2. The first-order valence-corrected chi connectivity index (χ1v) is 10.6. The van der Waals surface area contributed by atoms with Crippen molar-refractivity contribution in [2.75, 3.05) is 5.32 Å². The molecule has 0 radical (unpaired) electrons. The number of anilines is 1. The summed E-state index contributed by atoms with van der Waals surface area (Å²) in [6.07, 6.45) is 1.45. The Hall–Kier alpha value is -4.31. The number of nitriles is 1. The maximum absolute atomic E-state index is 12.7. The van der Waals surface area contributed by atoms with Crippen LogP contribution in [-0.4, -0.2) is 26.5 Å². The summed E-state index contributed by atoms with van der Waals surface area (Å²) in [4.78, 5) is 29.8. The van der Waals surface area contributed by atoms with Gasteiger partial charge in [-0.2, -0.15) is 15.0 Å². The summed E-state index contributed by atoms with van der Waals surface area (Å²) in [6.45, 7) is 5.91. The van der Waals surface area contributed by atoms with Crippen molar-refractivity contribution in [1.82, 2.24) is 14.8 Å². The molecule has 4 rings (SSSR count). The smallest absolute Gasteiger partial charge is 0.226 e. The highest BCUT2D eigenvalue weighted by Crippen LogP contribution is 2.25. The van der Waals surface area contributed by atoms with E-state index in [-0.39, 0.29) is 35.9 Å². The van der Waals surface area contributed by atoms with Crippen molar-refractivity contribution >= 4 is 28.4 Å². The van der Waals surface area contributed by atoms with Gasteiger partial charge in [0, 0.05) is 23.8 Å². The molecule has 2 aromatic carbocycles. The average Bonchev–Trinajstić information content (AvgIpc) is 3.21. The molecule has 0 aliphatic carbocycles. The minimum Gasteiger partial charge on any atom is -0.309 e. The number of aromatic nitrogens is 3. The van der Waals surface area contributed by atoms with Crippen LogP contribution >= 0.6 is 0 Å². The Morgan fingerprint density at radius 2 is 1.79 bits per heavy atom. The molecule has 7 heteroatoms. The van der Waals surface area contributed by atoms with E-state index in [4.69, 9.17) is 4.98 Å². The van der Waals surface area contributed by atoms with Gasteiger partial charge in [-0.25, -0.2) is 4.98 Å². The van der Waals surface area contributed by atoms with Crippen LogP contribution in [0, 0.1) is 32.1 Å². The number of Topliss-reactive ketones (excluding diaryl/α,β-unsaturated/α-hetero) is 1. The van der Waals surface area contributed by atoms with Crippen LogP contribution in [0.4, 0.5) is 5.82 Å². The van der Waals surface area contributed by atoms with Crippen LogP contribution in [0.3, 0.4) is 0 Å². The van der Waals surface area contributed by atoms with Crippen LogP contribution in [0.25, 0.3) is 16.7 Å². The number of carbonyl (C=O) groups excluding carboxylic acids is 2. The zero-order valence-corrected chi connectivity index (χ0v) is 18.7. The van der Waals surface area contributed by atoms with E-state index in [2.05, 4.69) is 16.5 Å². The van der Waals surface area contributed by atoms with Gasteiger partial charge in [0.05, 0.1) is 11.7 Å². The van der Waals surface area contributed by atoms with Crippen LogP contribution in [0.5, 0.6) is 0 Å². The lowest BCUT2D eigenvalue weighted by Crippen LogP contribution is -2.17. The van der Waals surface area contributed by atoms with Crippen molar-refractivity contribution < 1.29 is 9.59 Å². The van der Waals surface area contributed by atoms with E-state index in [9.17, 15) is 14.9 Å². The number of ketones is 1. The molecular weight excluding hydrogens is 414 g/mol. The van der Waals surface area contributed by atoms with Gasteiger partial charge < -0.3 is 5.32 Å². The van der Waals surface area contributed by atoms with Gasteiger partial charge >= 0.3 is 0 Å². The molecule has 1 N–H and O–H groups in total. The van der Waals surface area contributed by atoms with E-state index < -0.39 is 0 Å². The molecule has 0 unspecified atom stereocenters. The minimum atomic E-state index is -0.373. The standard InChI is InChI=1S/C26H23N5O2/c1-16-7-9-19(10-8-16)22(32)11-12-24(33)30-26-20(14-27)15-28-31(26)23-13-18(3)21-6-4-5-17(2)25(21)29-23/h4-10,13,15H,11-12H2,1-3H3,(H,30,33). The summed E-state index contributed by atoms with van der Waals surface area (Å²) in [5, 5.41) is 17.6. The van der Waals surface area contributed by atoms with Crippen molar-refractivity contribution in [2.24, 2.45) is 0 Å². The molecule has 0 saturated carbocycles. The van der Waals surface area contributed by atoms with E-state index in [0.717, 1.165) is 27.6 Å². The third-order valence-electron chi connectivity index (χ3n) is 5.55. The zero-order valence-electron chi connectivity index (χ0n) is 18.7. The lowest BCUT2D eigenvalue weighted by atomic mass is 10.0. The number of hydrogen-bond acceptors (Lipinski definition) is 5. The van der Waals surface area contributed by atoms with Gasteiger partial charge in [0.2, 0.25) is 5.91 Å². The lowest BCUT2D eigenvalue weighted by molar-refractivity contribution is -0.116. The van der Waals surface area contributed by atoms with Crippen LogP contribution in [0.1, 0.15) is 45.5 Å². The first-order valence-electron chi connectivity index (χ1n) is 10.6. The molecule has 0 saturated heterocycles. The van der Waals surface area contributed by atoms with Crippen molar-refractivity contribution in [3.63, 3.8) is 0 Å². The highest BCUT2D eigenvalue weighted by Gasteiger charge is 2.18. The topological polar surface area (TPSA) is 101 Å². The van der Waals surface area contributed by atoms with E-state index in [1.165, 1.54) is 10.9 Å². The summed E-state index contributed by atoms with van der Waals surface area (Å²) < 4.78 is 1.46. The predicted molar refractivity (Wildman–Crippen MR) is 126 cm³/mol. The Balaban J connectivity index is 1.58. The minimum absolute atomic E-state index is 0.00789. The summed E-state index contributed by atoms with van der Waals surface area (Å²) >= 11 is 0. The van der Waals surface area contributed by atoms with Gasteiger partial charge in [0.25, 0.3) is 0 Å². The van der Waals surface area contributed by atoms with Crippen molar-refractivity contribution in [3.05, 3.63) is 82.5 Å². The fourth-order valence-electron chi connectivity index (χ4n) is 3.68. The van der Waals surface area contributed by atoms with Crippen LogP contribution < -0.4 is 5.32 Å². The first kappa shape index (κ1) is 21.9. The molecule has 0 fully saturated rings. The summed E-state index contributed by atoms with van der Waals surface area (Å²) in [5.74, 6) is 0.260. The molecule has 1 amide bonds. The van der Waals surface area contributed by atoms with Crippen molar-refractivity contribution in [1.29, 1.82) is 5.26 Å². The molecule has 0 aliphatic heterocycles. The number of rotatable bonds is 6. The molecule has 4 aromatic rings. The number of pyridine rings is 1. The molecule has 0 spiro atoms. The first-order chi connectivity index (χ1) is 15.9. The number of fused-ring (bicyclic) bond motifs is 1. The van der Waals surface area contributed by atoms with E-state index in [0.29, 0.717) is 11.4 Å². The number of para-hydroxylation sites is 1. The summed E-state index contributed by atoms with van der Waals surface area (Å²) in [5.41, 5.74) is 4.72. The zero-order chi connectivity index (χ0) is 23.5. The van der Waals surface area contributed by atoms with Gasteiger partial charge in [-0.1, -0.05) is 48.0 Å². The lowest BCUT2D eigenvalue weighted by Gasteiger charge is -2.12. The van der Waals surface area contributed by atoms with Crippen LogP contribution in [0.2, 0.25) is 0 Å². The molecule has 0 aliphatic rings. The second-order valence-corrected chi connectivity index (χ2v) is 8.04. The van der Waals surface area contributed by atoms with E-state index >= 15 is 0 Å². The fraction of sp³-hybridized carbons (Fsp3) is 0.192. The maximum atomic E-state index is 12.7. The summed E-state index contributed by atoms with van der Waals surface area (Å²) in [7, 11) is 0. The third kappa shape index (κ3) is 4.51. The van der Waals surface area contributed by atoms with Gasteiger partial charge in [-0.05, 0) is 38.0 Å². The molecule has 164 valence electrons. The number of nitrogens with zero attached hydrogens (tertiary/aromatic N) is 4. The molecule has 0 bridgehead atoms. The van der Waals surface area contributed by atoms with Gasteiger partial charge in [0.1, 0.15) is 11.6 Å². The Kier molecular flexibility index (Phi) is 6.01. The normalized spacial score (nSPS) is 10.7. The molecule has 7 nitrogen and oxygen atoms in total. The Labute approximate surface area is 191 Å². The Morgan fingerprint density at radius 1 is 1.03 bits per heavy atom. The van der Waals surface area contributed by atoms with Crippen molar-refractivity contribution in [3.8, 4) is 11.9 Å². The number of benzene rings is 2. The Morgan fingerprint density at radius 3 is 2.52 bits per heavy atom. The SMILES string of the molecule is Cc1ccc(C(=O)CCC(=O)Nc2c(C#N)cnn2-c2cc(C)c3cccc(C)c3n2)cc1. The van der Waals surface area contributed by atoms with Gasteiger partial charge in [-0.3, -0.25) is 9.59 Å². The van der Waals surface area contributed by atoms with Crippen LogP contribution in [-0.2, 0) is 4.79 Å². The summed E-state index contributed by atoms with van der Waals surface area (Å²) in [6, 6.07) is 17.1. The average molecular weight is 438 g/mol. The quantitative estimate of drug-likeness (QED) is 0.436. The van der Waals surface area contributed by atoms with Gasteiger partial charge in [0.15, 0.2) is 17.4 Å². The molecule has 2 heterocycles. The van der Waals surface area contributed by atoms with Crippen molar-refractivity contribution in [2.45, 2.75) is 33.6 Å². The van der Waals surface area contributed by atoms with E-state index in [1.54, 1.807) is 12.1 Å². The molecule has 0 atom stereocenters. The molecule has 2 aromatic heterocycles. The number of carbonyl (C=O) groups is 2. The Bertz CT molecular complexity index is 1410. The highest BCUT2D eigenvalue weighted by atomic mass is 16.2.